The van der Waals surface area contributed by atoms with Gasteiger partial charge in [0.05, 0.1) is 0 Å². The number of carboxylic acids is 1. The summed E-state index contributed by atoms with van der Waals surface area (Å²) in [5, 5.41) is 14.9. The minimum Gasteiger partial charge on any atom is -0.480 e. The molecular weight excluding hydrogens is 132 g/mol. The van der Waals surface area contributed by atoms with Gasteiger partial charge in [-0.1, -0.05) is 0 Å². The van der Waals surface area contributed by atoms with Crippen molar-refractivity contribution < 1.29 is 9.90 Å². The van der Waals surface area contributed by atoms with Gasteiger partial charge in [-0.2, -0.15) is 0 Å². The quantitative estimate of drug-likeness (QED) is 0.429. The van der Waals surface area contributed by atoms with Gasteiger partial charge in [0, 0.05) is 19.1 Å². The molecule has 2 aliphatic heterocycles. The van der Waals surface area contributed by atoms with Crippen molar-refractivity contribution in [2.45, 2.75) is 18.0 Å². The van der Waals surface area contributed by atoms with Crippen molar-refractivity contribution in [2.75, 3.05) is 13.1 Å². The molecule has 2 aliphatic rings. The van der Waals surface area contributed by atoms with Crippen LogP contribution in [0, 0.1) is 0 Å². The van der Waals surface area contributed by atoms with Crippen molar-refractivity contribution in [1.82, 2.24) is 10.6 Å². The minimum atomic E-state index is -0.722. The summed E-state index contributed by atoms with van der Waals surface area (Å²) in [6, 6.07) is 0.385. The first kappa shape index (κ1) is 6.12. The van der Waals surface area contributed by atoms with E-state index < -0.39 is 11.5 Å². The molecule has 2 bridgehead atoms. The van der Waals surface area contributed by atoms with Gasteiger partial charge in [-0.05, 0) is 6.42 Å². The van der Waals surface area contributed by atoms with E-state index in [9.17, 15) is 4.79 Å². The Morgan fingerprint density at radius 3 is 2.70 bits per heavy atom. The van der Waals surface area contributed by atoms with Crippen LogP contribution in [-0.2, 0) is 4.79 Å². The van der Waals surface area contributed by atoms with Crippen molar-refractivity contribution in [3.63, 3.8) is 0 Å². The summed E-state index contributed by atoms with van der Waals surface area (Å²) in [5.74, 6) is -0.722. The van der Waals surface area contributed by atoms with Gasteiger partial charge in [0.15, 0.2) is 0 Å². The van der Waals surface area contributed by atoms with E-state index in [-0.39, 0.29) is 0 Å². The molecule has 2 atom stereocenters. The first-order valence-electron chi connectivity index (χ1n) is 3.45. The first-order chi connectivity index (χ1) is 4.73. The van der Waals surface area contributed by atoms with Gasteiger partial charge >= 0.3 is 5.97 Å². The normalized spacial score (nSPS) is 44.2. The van der Waals surface area contributed by atoms with Crippen LogP contribution in [0.15, 0.2) is 0 Å². The highest BCUT2D eigenvalue weighted by Gasteiger charge is 2.50. The standard InChI is InChI=1S/C6H10N2O2/c9-5(10)6-1-4(2-8-6)7-3-6/h4,7-8H,1-3H2,(H,9,10). The summed E-state index contributed by atoms with van der Waals surface area (Å²) in [4.78, 5) is 10.7. The van der Waals surface area contributed by atoms with Crippen LogP contribution in [0.5, 0.6) is 0 Å². The topological polar surface area (TPSA) is 61.4 Å². The molecule has 4 nitrogen and oxygen atoms in total. The van der Waals surface area contributed by atoms with Gasteiger partial charge in [-0.3, -0.25) is 10.1 Å². The maximum atomic E-state index is 10.7. The highest BCUT2D eigenvalue weighted by atomic mass is 16.4. The number of aliphatic carboxylic acids is 1. The number of hydrogen-bond donors (Lipinski definition) is 3. The number of carboxylic acid groups (broad SMARTS) is 1. The molecule has 0 amide bonds. The highest BCUT2D eigenvalue weighted by molar-refractivity contribution is 5.80. The van der Waals surface area contributed by atoms with Crippen LogP contribution in [0.25, 0.3) is 0 Å². The molecule has 0 radical (unpaired) electrons. The van der Waals surface area contributed by atoms with Crippen molar-refractivity contribution in [3.05, 3.63) is 0 Å². The summed E-state index contributed by atoms with van der Waals surface area (Å²) in [6.07, 6.45) is 0.738. The van der Waals surface area contributed by atoms with Gasteiger partial charge in [-0.25, -0.2) is 0 Å². The van der Waals surface area contributed by atoms with Gasteiger partial charge in [0.1, 0.15) is 5.54 Å². The summed E-state index contributed by atoms with van der Waals surface area (Å²) in [6.45, 7) is 1.37. The zero-order valence-corrected chi connectivity index (χ0v) is 5.55. The molecule has 0 saturated carbocycles. The van der Waals surface area contributed by atoms with E-state index in [0.717, 1.165) is 13.0 Å². The second-order valence-electron chi connectivity index (χ2n) is 3.05. The minimum absolute atomic E-state index is 0.385. The molecule has 0 aliphatic carbocycles. The van der Waals surface area contributed by atoms with Gasteiger partial charge in [0.25, 0.3) is 0 Å². The number of fused-ring (bicyclic) bond motifs is 2. The van der Waals surface area contributed by atoms with Crippen LogP contribution in [0.4, 0.5) is 0 Å². The van der Waals surface area contributed by atoms with Crippen LogP contribution < -0.4 is 10.6 Å². The van der Waals surface area contributed by atoms with E-state index in [1.54, 1.807) is 0 Å². The molecule has 0 aromatic rings. The number of carbonyl (C=O) groups is 1. The fourth-order valence-corrected chi connectivity index (χ4v) is 1.72. The Hall–Kier alpha value is -0.610. The third-order valence-corrected chi connectivity index (χ3v) is 2.38. The van der Waals surface area contributed by atoms with Crippen LogP contribution >= 0.6 is 0 Å². The molecule has 0 aromatic carbocycles. The number of rotatable bonds is 1. The molecule has 10 heavy (non-hydrogen) atoms. The predicted octanol–water partition coefficient (Wildman–Crippen LogP) is -1.23. The van der Waals surface area contributed by atoms with E-state index in [4.69, 9.17) is 5.11 Å². The molecule has 0 aromatic heterocycles. The predicted molar refractivity (Wildman–Crippen MR) is 34.8 cm³/mol. The van der Waals surface area contributed by atoms with E-state index >= 15 is 0 Å². The second-order valence-corrected chi connectivity index (χ2v) is 3.05. The zero-order chi connectivity index (χ0) is 7.19. The van der Waals surface area contributed by atoms with E-state index in [0.29, 0.717) is 12.6 Å². The molecule has 2 unspecified atom stereocenters. The lowest BCUT2D eigenvalue weighted by Crippen LogP contribution is -2.54. The lowest BCUT2D eigenvalue weighted by atomic mass is 10.0. The SMILES string of the molecule is O=C(O)C12CNC(CN1)C2. The van der Waals surface area contributed by atoms with Crippen molar-refractivity contribution in [2.24, 2.45) is 0 Å². The number of piperazine rings is 1. The van der Waals surface area contributed by atoms with Crippen LogP contribution in [0.2, 0.25) is 0 Å². The zero-order valence-electron chi connectivity index (χ0n) is 5.55. The Morgan fingerprint density at radius 1 is 1.70 bits per heavy atom. The highest BCUT2D eigenvalue weighted by Crippen LogP contribution is 2.25. The van der Waals surface area contributed by atoms with Crippen LogP contribution in [0.3, 0.4) is 0 Å². The fourth-order valence-electron chi connectivity index (χ4n) is 1.72. The molecule has 0 spiro atoms. The average Bonchev–Trinajstić information content (AvgIpc) is 2.45. The summed E-state index contributed by atoms with van der Waals surface area (Å²) < 4.78 is 0. The van der Waals surface area contributed by atoms with Gasteiger partial charge < -0.3 is 10.4 Å². The average molecular weight is 142 g/mol. The van der Waals surface area contributed by atoms with Crippen molar-refractivity contribution in [1.29, 1.82) is 0 Å². The van der Waals surface area contributed by atoms with E-state index in [1.165, 1.54) is 0 Å². The second kappa shape index (κ2) is 1.71. The Kier molecular flexibility index (Phi) is 1.04. The Labute approximate surface area is 58.6 Å². The molecule has 2 rings (SSSR count). The molecule has 2 fully saturated rings. The van der Waals surface area contributed by atoms with Crippen molar-refractivity contribution >= 4 is 5.97 Å². The monoisotopic (exact) mass is 142 g/mol. The van der Waals surface area contributed by atoms with Crippen molar-refractivity contribution in [3.8, 4) is 0 Å². The molecule has 3 N–H and O–H groups in total. The van der Waals surface area contributed by atoms with Crippen LogP contribution in [-0.4, -0.2) is 35.7 Å². The Morgan fingerprint density at radius 2 is 2.50 bits per heavy atom. The lowest BCUT2D eigenvalue weighted by Gasteiger charge is -2.22. The maximum Gasteiger partial charge on any atom is 0.325 e. The number of nitrogens with one attached hydrogen (secondary N) is 2. The largest absolute Gasteiger partial charge is 0.480 e. The molecular formula is C6H10N2O2. The summed E-state index contributed by atoms with van der Waals surface area (Å²) >= 11 is 0. The fraction of sp³-hybridized carbons (Fsp3) is 0.833. The smallest absolute Gasteiger partial charge is 0.325 e. The Balaban J connectivity index is 2.23. The molecule has 4 heteroatoms. The maximum absolute atomic E-state index is 10.7. The van der Waals surface area contributed by atoms with Gasteiger partial charge in [-0.15, -0.1) is 0 Å². The molecule has 56 valence electrons. The first-order valence-corrected chi connectivity index (χ1v) is 3.45. The molecule has 2 heterocycles. The third kappa shape index (κ3) is 0.602. The Bertz CT molecular complexity index is 173. The lowest BCUT2D eigenvalue weighted by molar-refractivity contribution is -0.143. The molecule has 2 saturated heterocycles. The van der Waals surface area contributed by atoms with E-state index in [1.807, 2.05) is 0 Å². The number of hydrogen-bond acceptors (Lipinski definition) is 3. The van der Waals surface area contributed by atoms with Gasteiger partial charge in [0.2, 0.25) is 0 Å². The van der Waals surface area contributed by atoms with Crippen LogP contribution in [0.1, 0.15) is 6.42 Å². The summed E-state index contributed by atoms with van der Waals surface area (Å²) in [5.41, 5.74) is -0.634. The third-order valence-electron chi connectivity index (χ3n) is 2.38. The van der Waals surface area contributed by atoms with E-state index in [2.05, 4.69) is 10.6 Å². The summed E-state index contributed by atoms with van der Waals surface area (Å²) in [7, 11) is 0.